The van der Waals surface area contributed by atoms with Crippen LogP contribution < -0.4 is 24.2 Å². The number of amides is 2. The summed E-state index contributed by atoms with van der Waals surface area (Å²) < 4.78 is 64.6. The van der Waals surface area contributed by atoms with E-state index in [0.717, 1.165) is 6.92 Å². The van der Waals surface area contributed by atoms with Crippen LogP contribution in [0, 0.1) is 0 Å². The number of ether oxygens (including phenoxy) is 2. The summed E-state index contributed by atoms with van der Waals surface area (Å²) in [5.74, 6) is -0.394. The lowest BCUT2D eigenvalue weighted by atomic mass is 10.2. The summed E-state index contributed by atoms with van der Waals surface area (Å²) in [5.41, 5.74) is 0.811. The van der Waals surface area contributed by atoms with Gasteiger partial charge in [-0.15, -0.1) is 0 Å². The number of rotatable bonds is 7. The fourth-order valence-corrected chi connectivity index (χ4v) is 5.33. The van der Waals surface area contributed by atoms with Crippen molar-refractivity contribution in [3.8, 4) is 11.5 Å². The highest BCUT2D eigenvalue weighted by Crippen LogP contribution is 2.32. The third kappa shape index (κ3) is 5.75. The molecule has 0 aliphatic carbocycles. The van der Waals surface area contributed by atoms with E-state index in [1.54, 1.807) is 0 Å². The van der Waals surface area contributed by atoms with Crippen LogP contribution >= 0.6 is 0 Å². The molecule has 0 spiro atoms. The van der Waals surface area contributed by atoms with Gasteiger partial charge < -0.3 is 14.8 Å². The van der Waals surface area contributed by atoms with Gasteiger partial charge in [0.15, 0.2) is 11.5 Å². The van der Waals surface area contributed by atoms with Crippen molar-refractivity contribution in [2.24, 2.45) is 0 Å². The molecule has 1 aliphatic rings. The molecular formula is C23H21N3O8S2. The van der Waals surface area contributed by atoms with Crippen molar-refractivity contribution in [3.05, 3.63) is 72.3 Å². The molecule has 36 heavy (non-hydrogen) atoms. The van der Waals surface area contributed by atoms with Crippen molar-refractivity contribution in [3.63, 3.8) is 0 Å². The average Bonchev–Trinajstić information content (AvgIpc) is 2.83. The number of sulfonamides is 2. The number of carbonyl (C=O) groups excluding carboxylic acids is 2. The van der Waals surface area contributed by atoms with Crippen molar-refractivity contribution >= 4 is 43.2 Å². The molecule has 0 aromatic heterocycles. The van der Waals surface area contributed by atoms with Crippen molar-refractivity contribution in [1.82, 2.24) is 4.72 Å². The zero-order valence-electron chi connectivity index (χ0n) is 18.8. The van der Waals surface area contributed by atoms with Crippen molar-refractivity contribution < 1.29 is 35.9 Å². The Morgan fingerprint density at radius 2 is 1.31 bits per heavy atom. The van der Waals surface area contributed by atoms with Gasteiger partial charge in [-0.2, -0.15) is 0 Å². The van der Waals surface area contributed by atoms with Gasteiger partial charge in [-0.3, -0.25) is 14.3 Å². The molecule has 4 rings (SSSR count). The van der Waals surface area contributed by atoms with Crippen LogP contribution in [0.1, 0.15) is 17.3 Å². The normalized spacial score (nSPS) is 12.9. The van der Waals surface area contributed by atoms with Crippen molar-refractivity contribution in [1.29, 1.82) is 0 Å². The number of anilines is 2. The van der Waals surface area contributed by atoms with Gasteiger partial charge in [0.1, 0.15) is 13.2 Å². The van der Waals surface area contributed by atoms with E-state index in [0.29, 0.717) is 30.4 Å². The summed E-state index contributed by atoms with van der Waals surface area (Å²) in [6.07, 6.45) is 0. The van der Waals surface area contributed by atoms with E-state index in [2.05, 4.69) is 10.0 Å². The zero-order valence-corrected chi connectivity index (χ0v) is 20.5. The number of hydrogen-bond acceptors (Lipinski definition) is 8. The van der Waals surface area contributed by atoms with Gasteiger partial charge >= 0.3 is 0 Å². The zero-order chi connectivity index (χ0) is 25.9. The molecule has 13 heteroatoms. The number of benzene rings is 3. The summed E-state index contributed by atoms with van der Waals surface area (Å²) in [6.45, 7) is 1.80. The first-order valence-electron chi connectivity index (χ1n) is 10.5. The van der Waals surface area contributed by atoms with E-state index in [-0.39, 0.29) is 21.0 Å². The molecule has 3 N–H and O–H groups in total. The van der Waals surface area contributed by atoms with E-state index in [4.69, 9.17) is 9.47 Å². The minimum Gasteiger partial charge on any atom is -0.486 e. The molecule has 3 aromatic rings. The molecule has 2 amide bonds. The van der Waals surface area contributed by atoms with E-state index in [1.165, 1.54) is 66.7 Å². The lowest BCUT2D eigenvalue weighted by Crippen LogP contribution is -2.28. The van der Waals surface area contributed by atoms with Crippen LogP contribution in [0.5, 0.6) is 11.5 Å². The summed E-state index contributed by atoms with van der Waals surface area (Å²) in [4.78, 5) is 23.4. The molecule has 0 bridgehead atoms. The Bertz CT molecular complexity index is 1520. The van der Waals surface area contributed by atoms with Crippen LogP contribution in [0.15, 0.2) is 76.5 Å². The molecule has 0 saturated carbocycles. The lowest BCUT2D eigenvalue weighted by Gasteiger charge is -2.19. The van der Waals surface area contributed by atoms with Gasteiger partial charge in [-0.1, -0.05) is 0 Å². The fraction of sp³-hybridized carbons (Fsp3) is 0.130. The maximum absolute atomic E-state index is 12.8. The van der Waals surface area contributed by atoms with Crippen LogP contribution in [0.4, 0.5) is 11.4 Å². The van der Waals surface area contributed by atoms with E-state index >= 15 is 0 Å². The number of hydrogen-bond donors (Lipinski definition) is 3. The van der Waals surface area contributed by atoms with E-state index in [9.17, 15) is 26.4 Å². The van der Waals surface area contributed by atoms with Gasteiger partial charge in [0.2, 0.25) is 5.91 Å². The van der Waals surface area contributed by atoms with E-state index < -0.39 is 31.9 Å². The molecule has 0 unspecified atom stereocenters. The molecule has 11 nitrogen and oxygen atoms in total. The molecule has 0 atom stereocenters. The molecule has 1 aliphatic heterocycles. The Hall–Kier alpha value is -4.10. The highest BCUT2D eigenvalue weighted by atomic mass is 32.2. The third-order valence-electron chi connectivity index (χ3n) is 4.92. The number of fused-ring (bicyclic) bond motifs is 1. The summed E-state index contributed by atoms with van der Waals surface area (Å²) in [6, 6.07) is 15.3. The molecule has 1 heterocycles. The highest BCUT2D eigenvalue weighted by Gasteiger charge is 2.20. The Balaban J connectivity index is 1.41. The number of carbonyl (C=O) groups is 2. The Morgan fingerprint density at radius 1 is 0.722 bits per heavy atom. The minimum absolute atomic E-state index is 0.00228. The monoisotopic (exact) mass is 531 g/mol. The smallest absolute Gasteiger partial charge is 0.264 e. The number of nitrogens with one attached hydrogen (secondary N) is 3. The van der Waals surface area contributed by atoms with Crippen LogP contribution in [0.2, 0.25) is 0 Å². The average molecular weight is 532 g/mol. The summed E-state index contributed by atoms with van der Waals surface area (Å²) >= 11 is 0. The molecule has 0 radical (unpaired) electrons. The first-order valence-corrected chi connectivity index (χ1v) is 13.5. The van der Waals surface area contributed by atoms with Crippen LogP contribution in [-0.4, -0.2) is 41.9 Å². The van der Waals surface area contributed by atoms with Crippen molar-refractivity contribution in [2.75, 3.05) is 23.3 Å². The Labute approximate surface area is 207 Å². The molecular weight excluding hydrogens is 510 g/mol. The molecule has 0 saturated heterocycles. The maximum atomic E-state index is 12.8. The van der Waals surface area contributed by atoms with Gasteiger partial charge in [-0.05, 0) is 60.7 Å². The second kappa shape index (κ2) is 9.87. The topological polar surface area (TPSA) is 157 Å². The Kier molecular flexibility index (Phi) is 6.86. The van der Waals surface area contributed by atoms with Crippen LogP contribution in [0.25, 0.3) is 0 Å². The quantitative estimate of drug-likeness (QED) is 0.419. The van der Waals surface area contributed by atoms with Gasteiger partial charge in [0.05, 0.1) is 9.79 Å². The SMILES string of the molecule is CC(=O)NS(=O)(=O)c1ccc(NC(=O)c2ccc(NS(=O)(=O)c3ccc4c(c3)OCCO4)cc2)cc1. The Morgan fingerprint density at radius 3 is 1.94 bits per heavy atom. The molecule has 188 valence electrons. The first-order chi connectivity index (χ1) is 17.0. The predicted molar refractivity (Wildman–Crippen MR) is 130 cm³/mol. The lowest BCUT2D eigenvalue weighted by molar-refractivity contribution is -0.117. The molecule has 0 fully saturated rings. The van der Waals surface area contributed by atoms with Crippen LogP contribution in [0.3, 0.4) is 0 Å². The third-order valence-corrected chi connectivity index (χ3v) is 7.75. The summed E-state index contributed by atoms with van der Waals surface area (Å²) in [5, 5.41) is 2.61. The predicted octanol–water partition coefficient (Wildman–Crippen LogP) is 2.34. The second-order valence-corrected chi connectivity index (χ2v) is 11.0. The standard InChI is InChI=1S/C23H21N3O8S2/c1-15(27)25-35(29,30)19-8-6-17(7-9-19)24-23(28)16-2-4-18(5-3-16)26-36(31,32)20-10-11-21-22(14-20)34-13-12-33-21/h2-11,14,26H,12-13H2,1H3,(H,24,28)(H,25,27). The van der Waals surface area contributed by atoms with E-state index in [1.807, 2.05) is 4.72 Å². The van der Waals surface area contributed by atoms with Gasteiger partial charge in [-0.25, -0.2) is 21.6 Å². The molecule has 3 aromatic carbocycles. The first kappa shape index (κ1) is 25.0. The van der Waals surface area contributed by atoms with Gasteiger partial charge in [0.25, 0.3) is 26.0 Å². The van der Waals surface area contributed by atoms with Gasteiger partial charge in [0, 0.05) is 29.9 Å². The fourth-order valence-electron chi connectivity index (χ4n) is 3.26. The van der Waals surface area contributed by atoms with Crippen molar-refractivity contribution in [2.45, 2.75) is 16.7 Å². The maximum Gasteiger partial charge on any atom is 0.264 e. The second-order valence-electron chi connectivity index (χ2n) is 7.63. The van der Waals surface area contributed by atoms with Crippen LogP contribution in [-0.2, 0) is 24.8 Å². The minimum atomic E-state index is -3.98. The largest absolute Gasteiger partial charge is 0.486 e. The summed E-state index contributed by atoms with van der Waals surface area (Å²) in [7, 11) is -7.90. The highest BCUT2D eigenvalue weighted by molar-refractivity contribution is 7.92.